The predicted molar refractivity (Wildman–Crippen MR) is 89.7 cm³/mol. The number of ether oxygens (including phenoxy) is 2. The molecule has 0 amide bonds. The van der Waals surface area contributed by atoms with Crippen molar-refractivity contribution < 1.29 is 31.5 Å². The van der Waals surface area contributed by atoms with Crippen LogP contribution in [0.2, 0.25) is 0 Å². The first-order valence-electron chi connectivity index (χ1n) is 7.81. The number of esters is 2. The van der Waals surface area contributed by atoms with Gasteiger partial charge in [0.05, 0.1) is 0 Å². The fourth-order valence-electron chi connectivity index (χ4n) is 2.04. The van der Waals surface area contributed by atoms with Crippen molar-refractivity contribution in [2.45, 2.75) is 32.1 Å². The van der Waals surface area contributed by atoms with Gasteiger partial charge in [-0.15, -0.1) is 0 Å². The van der Waals surface area contributed by atoms with Gasteiger partial charge < -0.3 is 27.6 Å². The molecule has 0 saturated heterocycles. The Morgan fingerprint density at radius 1 is 0.840 bits per heavy atom. The van der Waals surface area contributed by atoms with Crippen LogP contribution in [-0.4, -0.2) is 18.0 Å². The summed E-state index contributed by atoms with van der Waals surface area (Å²) in [5.41, 5.74) is 7.56. The van der Waals surface area contributed by atoms with E-state index in [2.05, 4.69) is 0 Å². The number of hydrogen-bond acceptors (Lipinski definition) is 5. The first-order chi connectivity index (χ1) is 11.6. The monoisotopic (exact) mass is 362 g/mol. The third-order valence-electron chi connectivity index (χ3n) is 3.43. The molecule has 0 aliphatic heterocycles. The summed E-state index contributed by atoms with van der Waals surface area (Å²) in [7, 11) is 0. The number of halogens is 1. The maximum atomic E-state index is 11.8. The fourth-order valence-corrected chi connectivity index (χ4v) is 2.04. The van der Waals surface area contributed by atoms with Crippen molar-refractivity contribution >= 4 is 11.9 Å². The van der Waals surface area contributed by atoms with Crippen LogP contribution >= 0.6 is 0 Å². The van der Waals surface area contributed by atoms with Crippen LogP contribution in [-0.2, 0) is 32.3 Å². The lowest BCUT2D eigenvalue weighted by Gasteiger charge is -2.11. The largest absolute Gasteiger partial charge is 1.00 e. The second-order valence-electron chi connectivity index (χ2n) is 5.38. The maximum Gasteiger partial charge on any atom is 0.323 e. The molecule has 134 valence electrons. The van der Waals surface area contributed by atoms with E-state index in [1.165, 1.54) is 0 Å². The van der Waals surface area contributed by atoms with Gasteiger partial charge in [0.2, 0.25) is 0 Å². The van der Waals surface area contributed by atoms with E-state index in [0.717, 1.165) is 11.1 Å². The highest BCUT2D eigenvalue weighted by Crippen LogP contribution is 2.06. The summed E-state index contributed by atoms with van der Waals surface area (Å²) in [5, 5.41) is 0. The molecular formula is C19H21ClNO4-. The molecule has 0 saturated carbocycles. The van der Waals surface area contributed by atoms with Crippen molar-refractivity contribution in [3.05, 3.63) is 71.8 Å². The highest BCUT2D eigenvalue weighted by molar-refractivity contribution is 5.77. The third kappa shape index (κ3) is 7.83. The lowest BCUT2D eigenvalue weighted by Crippen LogP contribution is -3.00. The van der Waals surface area contributed by atoms with Gasteiger partial charge in [0.25, 0.3) is 0 Å². The second-order valence-corrected chi connectivity index (χ2v) is 5.38. The molecule has 2 aromatic carbocycles. The Kier molecular flexibility index (Phi) is 9.29. The smallest absolute Gasteiger partial charge is 0.323 e. The van der Waals surface area contributed by atoms with Crippen molar-refractivity contribution in [3.63, 3.8) is 0 Å². The van der Waals surface area contributed by atoms with E-state index in [1.807, 2.05) is 60.7 Å². The molecule has 0 spiro atoms. The van der Waals surface area contributed by atoms with E-state index in [9.17, 15) is 9.59 Å². The van der Waals surface area contributed by atoms with Crippen LogP contribution in [0.4, 0.5) is 0 Å². The van der Waals surface area contributed by atoms with Gasteiger partial charge in [0.15, 0.2) is 0 Å². The summed E-state index contributed by atoms with van der Waals surface area (Å²) in [6.07, 6.45) is 0.273. The molecule has 25 heavy (non-hydrogen) atoms. The molecule has 0 bridgehead atoms. The topological polar surface area (TPSA) is 78.6 Å². The van der Waals surface area contributed by atoms with Gasteiger partial charge in [-0.1, -0.05) is 60.7 Å². The van der Waals surface area contributed by atoms with E-state index in [1.54, 1.807) is 0 Å². The van der Waals surface area contributed by atoms with Crippen LogP contribution in [0, 0.1) is 0 Å². The highest BCUT2D eigenvalue weighted by atomic mass is 35.5. The van der Waals surface area contributed by atoms with Gasteiger partial charge >= 0.3 is 11.9 Å². The average Bonchev–Trinajstić information content (AvgIpc) is 2.64. The molecule has 2 aromatic rings. The zero-order chi connectivity index (χ0) is 17.2. The Morgan fingerprint density at radius 2 is 1.32 bits per heavy atom. The molecule has 0 aromatic heterocycles. The van der Waals surface area contributed by atoms with E-state index in [4.69, 9.17) is 15.2 Å². The molecule has 0 radical (unpaired) electrons. The van der Waals surface area contributed by atoms with E-state index >= 15 is 0 Å². The first-order valence-corrected chi connectivity index (χ1v) is 7.81. The van der Waals surface area contributed by atoms with Gasteiger partial charge in [0, 0.05) is 6.42 Å². The molecule has 1 atom stereocenters. The normalized spacial score (nSPS) is 11.1. The van der Waals surface area contributed by atoms with Gasteiger partial charge in [0.1, 0.15) is 19.3 Å². The Labute approximate surface area is 153 Å². The van der Waals surface area contributed by atoms with Crippen LogP contribution in [0.3, 0.4) is 0 Å². The molecule has 2 N–H and O–H groups in total. The number of hydrogen-bond donors (Lipinski definition) is 1. The molecule has 0 heterocycles. The molecule has 0 unspecified atom stereocenters. The van der Waals surface area contributed by atoms with E-state index < -0.39 is 12.0 Å². The van der Waals surface area contributed by atoms with Crippen molar-refractivity contribution in [2.24, 2.45) is 5.73 Å². The van der Waals surface area contributed by atoms with Crippen LogP contribution < -0.4 is 18.1 Å². The number of rotatable bonds is 8. The van der Waals surface area contributed by atoms with Gasteiger partial charge in [-0.3, -0.25) is 9.59 Å². The Hall–Kier alpha value is -2.37. The van der Waals surface area contributed by atoms with E-state index in [0.29, 0.717) is 0 Å². The molecule has 0 aliphatic rings. The van der Waals surface area contributed by atoms with Crippen LogP contribution in [0.15, 0.2) is 60.7 Å². The van der Waals surface area contributed by atoms with Crippen molar-refractivity contribution in [2.75, 3.05) is 0 Å². The number of nitrogens with two attached hydrogens (primary N) is 1. The fraction of sp³-hybridized carbons (Fsp3) is 0.263. The average molecular weight is 363 g/mol. The molecule has 6 heteroatoms. The first kappa shape index (κ1) is 20.7. The van der Waals surface area contributed by atoms with Crippen molar-refractivity contribution in [3.8, 4) is 0 Å². The lowest BCUT2D eigenvalue weighted by atomic mass is 10.1. The maximum absolute atomic E-state index is 11.8. The molecule has 2 rings (SSSR count). The number of carbonyl (C=O) groups excluding carboxylic acids is 2. The minimum Gasteiger partial charge on any atom is -1.00 e. The van der Waals surface area contributed by atoms with Gasteiger partial charge in [-0.2, -0.15) is 0 Å². The summed E-state index contributed by atoms with van der Waals surface area (Å²) in [6, 6.07) is 17.9. The minimum absolute atomic E-state index is 0. The zero-order valence-electron chi connectivity index (χ0n) is 13.8. The summed E-state index contributed by atoms with van der Waals surface area (Å²) in [4.78, 5) is 23.5. The van der Waals surface area contributed by atoms with Crippen LogP contribution in [0.5, 0.6) is 0 Å². The van der Waals surface area contributed by atoms with Crippen molar-refractivity contribution in [1.29, 1.82) is 0 Å². The third-order valence-corrected chi connectivity index (χ3v) is 3.43. The number of benzene rings is 2. The molecule has 5 nitrogen and oxygen atoms in total. The zero-order valence-corrected chi connectivity index (χ0v) is 14.5. The highest BCUT2D eigenvalue weighted by Gasteiger charge is 2.17. The minimum atomic E-state index is -0.835. The molecular weight excluding hydrogens is 342 g/mol. The SMILES string of the molecule is N[C@@H](CCC(=O)OCc1ccccc1)C(=O)OCc1ccccc1.[Cl-]. The Balaban J connectivity index is 0.00000312. The van der Waals surface area contributed by atoms with Gasteiger partial charge in [-0.25, -0.2) is 0 Å². The standard InChI is InChI=1S/C19H21NO4.ClH/c20-17(19(22)24-14-16-9-5-2-6-10-16)11-12-18(21)23-13-15-7-3-1-4-8-15;/h1-10,17H,11-14,20H2;1H/p-1/t17-;/m0./s1. The molecule has 0 aliphatic carbocycles. The summed E-state index contributed by atoms with van der Waals surface area (Å²) >= 11 is 0. The quantitative estimate of drug-likeness (QED) is 0.646. The van der Waals surface area contributed by atoms with Gasteiger partial charge in [-0.05, 0) is 17.5 Å². The summed E-state index contributed by atoms with van der Waals surface area (Å²) < 4.78 is 10.3. The van der Waals surface area contributed by atoms with Crippen LogP contribution in [0.1, 0.15) is 24.0 Å². The predicted octanol–water partition coefficient (Wildman–Crippen LogP) is -0.415. The van der Waals surface area contributed by atoms with Crippen molar-refractivity contribution in [1.82, 2.24) is 0 Å². The van der Waals surface area contributed by atoms with E-state index in [-0.39, 0.29) is 44.4 Å². The Bertz CT molecular complexity index is 649. The lowest BCUT2D eigenvalue weighted by molar-refractivity contribution is -0.148. The summed E-state index contributed by atoms with van der Waals surface area (Å²) in [5.74, 6) is -0.903. The Morgan fingerprint density at radius 3 is 1.84 bits per heavy atom. The molecule has 0 fully saturated rings. The van der Waals surface area contributed by atoms with Crippen LogP contribution in [0.25, 0.3) is 0 Å². The number of carbonyl (C=O) groups is 2. The summed E-state index contributed by atoms with van der Waals surface area (Å²) in [6.45, 7) is 0.388. The second kappa shape index (κ2) is 11.2.